The van der Waals surface area contributed by atoms with E-state index >= 15 is 0 Å². The minimum absolute atomic E-state index is 0.0956. The number of hydrogen-bond acceptors (Lipinski definition) is 2. The van der Waals surface area contributed by atoms with Crippen LogP contribution in [0.5, 0.6) is 0 Å². The average Bonchev–Trinajstić information content (AvgIpc) is 3.30. The molecule has 0 aliphatic rings. The molecule has 0 spiro atoms. The Bertz CT molecular complexity index is 2040. The van der Waals surface area contributed by atoms with E-state index in [-0.39, 0.29) is 10.6 Å². The molecule has 0 aliphatic heterocycles. The lowest BCUT2D eigenvalue weighted by Crippen LogP contribution is -1.93. The van der Waals surface area contributed by atoms with Crippen LogP contribution in [0.15, 0.2) is 132 Å². The van der Waals surface area contributed by atoms with Gasteiger partial charge in [-0.05, 0) is 58.0 Å². The maximum Gasteiger partial charge on any atom is 0.278 e. The lowest BCUT2D eigenvalue weighted by molar-refractivity contribution is -0.383. The number of benzene rings is 6. The van der Waals surface area contributed by atoms with Crippen LogP contribution in [0, 0.1) is 10.1 Å². The normalized spacial score (nSPS) is 11.4. The summed E-state index contributed by atoms with van der Waals surface area (Å²) in [7, 11) is 0. The van der Waals surface area contributed by atoms with Crippen molar-refractivity contribution in [2.24, 2.45) is 0 Å². The Morgan fingerprint density at radius 1 is 0.615 bits per heavy atom. The molecule has 0 atom stereocenters. The van der Waals surface area contributed by atoms with Crippen LogP contribution >= 0.6 is 15.9 Å². The molecule has 0 fully saturated rings. The molecule has 0 amide bonds. The third-order valence-electron chi connectivity index (χ3n) is 7.33. The van der Waals surface area contributed by atoms with Gasteiger partial charge >= 0.3 is 0 Å². The first kappa shape index (κ1) is 23.4. The van der Waals surface area contributed by atoms with Crippen LogP contribution in [0.25, 0.3) is 60.5 Å². The van der Waals surface area contributed by atoms with E-state index in [0.717, 1.165) is 38.8 Å². The largest absolute Gasteiger partial charge is 0.309 e. The van der Waals surface area contributed by atoms with Crippen molar-refractivity contribution < 1.29 is 4.92 Å². The van der Waals surface area contributed by atoms with E-state index in [2.05, 4.69) is 99.4 Å². The maximum absolute atomic E-state index is 11.9. The Morgan fingerprint density at radius 2 is 1.31 bits per heavy atom. The topological polar surface area (TPSA) is 48.1 Å². The van der Waals surface area contributed by atoms with Gasteiger partial charge in [-0.15, -0.1) is 0 Å². The second-order valence-corrected chi connectivity index (χ2v) is 10.5. The van der Waals surface area contributed by atoms with Crippen LogP contribution < -0.4 is 0 Å². The number of non-ortho nitro benzene ring substituents is 1. The number of fused-ring (bicyclic) bond motifs is 4. The van der Waals surface area contributed by atoms with Crippen molar-refractivity contribution in [3.63, 3.8) is 0 Å². The van der Waals surface area contributed by atoms with Gasteiger partial charge in [-0.2, -0.15) is 0 Å². The van der Waals surface area contributed by atoms with Crippen molar-refractivity contribution in [2.75, 3.05) is 0 Å². The molecule has 0 radical (unpaired) electrons. The summed E-state index contributed by atoms with van der Waals surface area (Å²) in [5.74, 6) is 0. The van der Waals surface area contributed by atoms with Gasteiger partial charge in [0.2, 0.25) is 0 Å². The van der Waals surface area contributed by atoms with E-state index in [0.29, 0.717) is 9.86 Å². The zero-order valence-electron chi connectivity index (χ0n) is 20.7. The number of rotatable bonds is 4. The molecule has 1 aromatic heterocycles. The number of hydrogen-bond donors (Lipinski definition) is 0. The van der Waals surface area contributed by atoms with E-state index in [4.69, 9.17) is 0 Å². The summed E-state index contributed by atoms with van der Waals surface area (Å²) in [4.78, 5) is 11.6. The van der Waals surface area contributed by atoms with Gasteiger partial charge in [-0.3, -0.25) is 10.1 Å². The summed E-state index contributed by atoms with van der Waals surface area (Å²) in [6.45, 7) is 0. The second kappa shape index (κ2) is 9.22. The van der Waals surface area contributed by atoms with Crippen LogP contribution in [0.1, 0.15) is 0 Å². The molecule has 0 N–H and O–H groups in total. The summed E-state index contributed by atoms with van der Waals surface area (Å²) >= 11 is 3.41. The minimum Gasteiger partial charge on any atom is -0.309 e. The number of aromatic nitrogens is 1. The molecular weight excluding hydrogens is 548 g/mol. The predicted molar refractivity (Wildman–Crippen MR) is 164 cm³/mol. The number of para-hydroxylation sites is 2. The molecule has 0 bridgehead atoms. The molecule has 0 saturated carbocycles. The summed E-state index contributed by atoms with van der Waals surface area (Å²) in [6.07, 6.45) is 0. The van der Waals surface area contributed by atoms with Crippen molar-refractivity contribution in [1.29, 1.82) is 0 Å². The van der Waals surface area contributed by atoms with Gasteiger partial charge in [0, 0.05) is 27.0 Å². The van der Waals surface area contributed by atoms with Crippen molar-refractivity contribution in [3.8, 4) is 27.9 Å². The second-order valence-electron chi connectivity index (χ2n) is 9.58. The van der Waals surface area contributed by atoms with Crippen LogP contribution in [0.3, 0.4) is 0 Å². The van der Waals surface area contributed by atoms with Crippen LogP contribution in [0.2, 0.25) is 0 Å². The van der Waals surface area contributed by atoms with Crippen LogP contribution in [-0.4, -0.2) is 9.49 Å². The van der Waals surface area contributed by atoms with Crippen LogP contribution in [-0.2, 0) is 0 Å². The Labute approximate surface area is 233 Å². The van der Waals surface area contributed by atoms with E-state index in [1.807, 2.05) is 42.5 Å². The number of halogens is 1. The average molecular weight is 569 g/mol. The zero-order valence-corrected chi connectivity index (χ0v) is 22.3. The highest BCUT2D eigenvalue weighted by molar-refractivity contribution is 9.10. The van der Waals surface area contributed by atoms with E-state index in [1.54, 1.807) is 6.07 Å². The molecule has 0 aliphatic carbocycles. The molecule has 6 aromatic carbocycles. The fraction of sp³-hybridized carbons (Fsp3) is 0. The lowest BCUT2D eigenvalue weighted by Gasteiger charge is -2.11. The molecule has 7 aromatic rings. The SMILES string of the molecule is O=[N+]([O-])c1cc(Br)cc2cccc(-c3ccc(-c4ccc5c6ccccc6n(-c6ccccc6)c5c4)cc3)c12. The maximum atomic E-state index is 11.9. The quantitative estimate of drug-likeness (QED) is 0.156. The van der Waals surface area contributed by atoms with Crippen molar-refractivity contribution in [1.82, 2.24) is 4.57 Å². The van der Waals surface area contributed by atoms with Gasteiger partial charge < -0.3 is 4.57 Å². The fourth-order valence-corrected chi connectivity index (χ4v) is 6.06. The number of nitro benzene ring substituents is 1. The first-order valence-corrected chi connectivity index (χ1v) is 13.4. The van der Waals surface area contributed by atoms with Gasteiger partial charge in [0.05, 0.1) is 21.3 Å². The lowest BCUT2D eigenvalue weighted by atomic mass is 9.95. The summed E-state index contributed by atoms with van der Waals surface area (Å²) < 4.78 is 3.01. The monoisotopic (exact) mass is 568 g/mol. The summed E-state index contributed by atoms with van der Waals surface area (Å²) in [6, 6.07) is 43.1. The third kappa shape index (κ3) is 3.90. The van der Waals surface area contributed by atoms with Gasteiger partial charge in [-0.25, -0.2) is 0 Å². The highest BCUT2D eigenvalue weighted by Crippen LogP contribution is 2.39. The Kier molecular flexibility index (Phi) is 5.53. The Hall–Kier alpha value is -4.74. The molecule has 1 heterocycles. The van der Waals surface area contributed by atoms with E-state index in [9.17, 15) is 10.1 Å². The highest BCUT2D eigenvalue weighted by Gasteiger charge is 2.18. The molecule has 186 valence electrons. The van der Waals surface area contributed by atoms with Crippen molar-refractivity contribution in [3.05, 3.63) is 142 Å². The Balaban J connectivity index is 1.37. The van der Waals surface area contributed by atoms with Crippen LogP contribution in [0.4, 0.5) is 5.69 Å². The molecule has 39 heavy (non-hydrogen) atoms. The molecular formula is C34H21BrN2O2. The molecule has 5 heteroatoms. The standard InChI is InChI=1S/C34H21BrN2O2/c35-26-19-25-7-6-11-28(34(25)33(21-26)37(38)39)23-15-13-22(14-16-23)24-17-18-30-29-10-4-5-12-31(29)36(32(30)20-24)27-8-2-1-3-9-27/h1-21H. The van der Waals surface area contributed by atoms with E-state index in [1.165, 1.54) is 16.3 Å². The van der Waals surface area contributed by atoms with Gasteiger partial charge in [-0.1, -0.05) is 107 Å². The van der Waals surface area contributed by atoms with Gasteiger partial charge in [0.1, 0.15) is 0 Å². The summed E-state index contributed by atoms with van der Waals surface area (Å²) in [5, 5.41) is 15.8. The summed E-state index contributed by atoms with van der Waals surface area (Å²) in [5.41, 5.74) is 7.53. The van der Waals surface area contributed by atoms with Crippen molar-refractivity contribution in [2.45, 2.75) is 0 Å². The molecule has 4 nitrogen and oxygen atoms in total. The van der Waals surface area contributed by atoms with Crippen molar-refractivity contribution >= 4 is 54.2 Å². The molecule has 0 saturated heterocycles. The minimum atomic E-state index is -0.313. The van der Waals surface area contributed by atoms with E-state index < -0.39 is 0 Å². The number of nitrogens with zero attached hydrogens (tertiary/aromatic N) is 2. The predicted octanol–water partition coefficient (Wildman–Crippen LogP) is 9.94. The van der Waals surface area contributed by atoms with Gasteiger partial charge in [0.15, 0.2) is 0 Å². The highest BCUT2D eigenvalue weighted by atomic mass is 79.9. The molecule has 7 rings (SSSR count). The Morgan fingerprint density at radius 3 is 2.10 bits per heavy atom. The first-order valence-electron chi connectivity index (χ1n) is 12.6. The molecule has 0 unspecified atom stereocenters. The zero-order chi connectivity index (χ0) is 26.5. The smallest absolute Gasteiger partial charge is 0.278 e. The number of nitro groups is 1. The fourth-order valence-electron chi connectivity index (χ4n) is 5.60. The first-order chi connectivity index (χ1) is 19.1. The third-order valence-corrected chi connectivity index (χ3v) is 7.79. The van der Waals surface area contributed by atoms with Gasteiger partial charge in [0.25, 0.3) is 5.69 Å².